The van der Waals surface area contributed by atoms with Gasteiger partial charge in [0.25, 0.3) is 0 Å². The number of carbonyl (C=O) groups is 1. The predicted octanol–water partition coefficient (Wildman–Crippen LogP) is 3.60. The zero-order valence-electron chi connectivity index (χ0n) is 23.6. The van der Waals surface area contributed by atoms with Gasteiger partial charge in [0.1, 0.15) is 0 Å². The summed E-state index contributed by atoms with van der Waals surface area (Å²) in [6, 6.07) is 23.1. The zero-order chi connectivity index (χ0) is 28.0. The summed E-state index contributed by atoms with van der Waals surface area (Å²) in [6.45, 7) is 5.12. The molecule has 41 heavy (non-hydrogen) atoms. The lowest BCUT2D eigenvalue weighted by Crippen LogP contribution is -2.56. The van der Waals surface area contributed by atoms with Crippen molar-refractivity contribution in [3.05, 3.63) is 84.7 Å². The normalized spacial score (nSPS) is 25.7. The minimum atomic E-state index is -0.548. The number of anilines is 1. The molecular weight excluding hydrogens is 516 g/mol. The topological polar surface area (TPSA) is 78.4 Å². The molecule has 4 atom stereocenters. The van der Waals surface area contributed by atoms with Crippen molar-refractivity contribution in [2.45, 2.75) is 50.2 Å². The first-order valence-electron chi connectivity index (χ1n) is 14.8. The molecule has 0 aliphatic carbocycles. The standard InChI is InChI=1S/C33H40N4O4/c38-29-22-37(21-25-5-4-6-27(19-25)26-11-13-34-14-12-26)31-10-9-30(41-32(31)24-40-23-29)20-33(39)36-17-15-35(16-18-36)28-7-2-1-3-8-28/h1-8,11-14,19,29-32,38H,9-10,15-18,20-24H2/t29-,30-,31+,32-/m0/s1. The molecule has 1 aromatic heterocycles. The second-order valence-electron chi connectivity index (χ2n) is 11.4. The number of ether oxygens (including phenoxy) is 2. The van der Waals surface area contributed by atoms with Gasteiger partial charge >= 0.3 is 0 Å². The third kappa shape index (κ3) is 6.96. The molecule has 0 radical (unpaired) electrons. The SMILES string of the molecule is O=C(C[C@@H]1CC[C@@H]2[C@H](COC[C@@H](O)CN2Cc2cccc(-c3ccncc3)c2)O1)N1CCN(c2ccccc2)CC1. The lowest BCUT2D eigenvalue weighted by Gasteiger charge is -2.45. The monoisotopic (exact) mass is 556 g/mol. The number of rotatable bonds is 6. The molecule has 1 N–H and O–H groups in total. The Balaban J connectivity index is 1.07. The van der Waals surface area contributed by atoms with Crippen LogP contribution in [0.5, 0.6) is 0 Å². The van der Waals surface area contributed by atoms with Crippen LogP contribution in [0, 0.1) is 0 Å². The molecule has 2 aromatic carbocycles. The quantitative estimate of drug-likeness (QED) is 0.497. The number of fused-ring (bicyclic) bond motifs is 1. The number of aromatic nitrogens is 1. The maximum absolute atomic E-state index is 13.2. The van der Waals surface area contributed by atoms with Gasteiger partial charge in [-0.3, -0.25) is 14.7 Å². The summed E-state index contributed by atoms with van der Waals surface area (Å²) in [6.07, 6.45) is 4.97. The summed E-state index contributed by atoms with van der Waals surface area (Å²) in [5, 5.41) is 10.6. The van der Waals surface area contributed by atoms with Crippen LogP contribution in [0.2, 0.25) is 0 Å². The molecule has 0 unspecified atom stereocenters. The highest BCUT2D eigenvalue weighted by Crippen LogP contribution is 2.30. The average Bonchev–Trinajstić information content (AvgIpc) is 3.01. The van der Waals surface area contributed by atoms with Crippen LogP contribution in [0.15, 0.2) is 79.1 Å². The van der Waals surface area contributed by atoms with E-state index in [-0.39, 0.29) is 30.8 Å². The average molecular weight is 557 g/mol. The van der Waals surface area contributed by atoms with Gasteiger partial charge in [-0.25, -0.2) is 0 Å². The number of piperazine rings is 1. The Morgan fingerprint density at radius 3 is 2.51 bits per heavy atom. The van der Waals surface area contributed by atoms with E-state index in [4.69, 9.17) is 9.47 Å². The zero-order valence-corrected chi connectivity index (χ0v) is 23.6. The maximum Gasteiger partial charge on any atom is 0.225 e. The molecular formula is C33H40N4O4. The highest BCUT2D eigenvalue weighted by molar-refractivity contribution is 5.77. The Morgan fingerprint density at radius 2 is 1.71 bits per heavy atom. The van der Waals surface area contributed by atoms with Crippen LogP contribution in [0.3, 0.4) is 0 Å². The van der Waals surface area contributed by atoms with E-state index in [1.807, 2.05) is 35.5 Å². The summed E-state index contributed by atoms with van der Waals surface area (Å²) >= 11 is 0. The molecule has 0 saturated carbocycles. The van der Waals surface area contributed by atoms with Crippen molar-refractivity contribution in [2.75, 3.05) is 50.8 Å². The van der Waals surface area contributed by atoms with E-state index in [2.05, 4.69) is 63.3 Å². The van der Waals surface area contributed by atoms with Gasteiger partial charge < -0.3 is 24.4 Å². The number of hydrogen-bond donors (Lipinski definition) is 1. The first-order valence-corrected chi connectivity index (χ1v) is 14.8. The molecule has 1 amide bonds. The van der Waals surface area contributed by atoms with Crippen molar-refractivity contribution in [3.63, 3.8) is 0 Å². The van der Waals surface area contributed by atoms with E-state index < -0.39 is 6.10 Å². The van der Waals surface area contributed by atoms with Crippen LogP contribution in [0.25, 0.3) is 11.1 Å². The summed E-state index contributed by atoms with van der Waals surface area (Å²) < 4.78 is 12.4. The highest BCUT2D eigenvalue weighted by Gasteiger charge is 2.38. The fourth-order valence-corrected chi connectivity index (χ4v) is 6.43. The Hall–Kier alpha value is -3.30. The number of para-hydroxylation sites is 1. The minimum Gasteiger partial charge on any atom is -0.389 e. The molecule has 0 spiro atoms. The van der Waals surface area contributed by atoms with Crippen molar-refractivity contribution in [2.24, 2.45) is 0 Å². The molecule has 3 aromatic rings. The summed E-state index contributed by atoms with van der Waals surface area (Å²) in [4.78, 5) is 24.1. The first-order chi connectivity index (χ1) is 20.1. The molecule has 3 aliphatic heterocycles. The van der Waals surface area contributed by atoms with Crippen LogP contribution in [-0.4, -0.2) is 96.1 Å². The van der Waals surface area contributed by atoms with Crippen LogP contribution in [-0.2, 0) is 20.8 Å². The number of carbonyl (C=O) groups excluding carboxylic acids is 1. The van der Waals surface area contributed by atoms with Crippen molar-refractivity contribution in [1.82, 2.24) is 14.8 Å². The van der Waals surface area contributed by atoms with E-state index in [0.717, 1.165) is 56.7 Å². The molecule has 8 heteroatoms. The number of hydrogen-bond acceptors (Lipinski definition) is 7. The lowest BCUT2D eigenvalue weighted by molar-refractivity contribution is -0.161. The van der Waals surface area contributed by atoms with E-state index in [0.29, 0.717) is 19.6 Å². The van der Waals surface area contributed by atoms with Gasteiger partial charge in [-0.15, -0.1) is 0 Å². The van der Waals surface area contributed by atoms with Crippen molar-refractivity contribution in [3.8, 4) is 11.1 Å². The van der Waals surface area contributed by atoms with Gasteiger partial charge in [0.2, 0.25) is 5.91 Å². The van der Waals surface area contributed by atoms with Gasteiger partial charge in [0, 0.05) is 63.4 Å². The van der Waals surface area contributed by atoms with E-state index in [9.17, 15) is 9.90 Å². The molecule has 4 heterocycles. The van der Waals surface area contributed by atoms with Gasteiger partial charge in [-0.05, 0) is 59.9 Å². The van der Waals surface area contributed by atoms with Gasteiger partial charge in [-0.1, -0.05) is 36.4 Å². The summed E-state index contributed by atoms with van der Waals surface area (Å²) in [7, 11) is 0. The minimum absolute atomic E-state index is 0.110. The van der Waals surface area contributed by atoms with Crippen molar-refractivity contribution in [1.29, 1.82) is 0 Å². The number of amides is 1. The molecule has 216 valence electrons. The number of pyridine rings is 1. The Labute approximate surface area is 242 Å². The van der Waals surface area contributed by atoms with Gasteiger partial charge in [0.15, 0.2) is 0 Å². The second-order valence-corrected chi connectivity index (χ2v) is 11.4. The number of aliphatic hydroxyl groups is 1. The fourth-order valence-electron chi connectivity index (χ4n) is 6.43. The Kier molecular flexibility index (Phi) is 8.91. The smallest absolute Gasteiger partial charge is 0.225 e. The molecule has 0 bridgehead atoms. The van der Waals surface area contributed by atoms with E-state index >= 15 is 0 Å². The second kappa shape index (κ2) is 13.1. The lowest BCUT2D eigenvalue weighted by atomic mass is 9.94. The number of β-amino-alcohol motifs (C(OH)–C–C–N with tert-alkyl or cyclic N) is 1. The highest BCUT2D eigenvalue weighted by atomic mass is 16.5. The number of nitrogens with zero attached hydrogens (tertiary/aromatic N) is 4. The van der Waals surface area contributed by atoms with Crippen LogP contribution in [0.1, 0.15) is 24.8 Å². The van der Waals surface area contributed by atoms with Crippen LogP contribution < -0.4 is 4.90 Å². The van der Waals surface area contributed by atoms with E-state index in [1.165, 1.54) is 11.3 Å². The predicted molar refractivity (Wildman–Crippen MR) is 158 cm³/mol. The number of aliphatic hydroxyl groups excluding tert-OH is 1. The van der Waals surface area contributed by atoms with Gasteiger partial charge in [-0.2, -0.15) is 0 Å². The Morgan fingerprint density at radius 1 is 0.902 bits per heavy atom. The molecule has 8 nitrogen and oxygen atoms in total. The van der Waals surface area contributed by atoms with E-state index in [1.54, 1.807) is 0 Å². The number of benzene rings is 2. The molecule has 3 aliphatic rings. The first kappa shape index (κ1) is 27.8. The largest absolute Gasteiger partial charge is 0.389 e. The van der Waals surface area contributed by atoms with Crippen LogP contribution in [0.4, 0.5) is 5.69 Å². The molecule has 6 rings (SSSR count). The molecule has 3 saturated heterocycles. The molecule has 3 fully saturated rings. The van der Waals surface area contributed by atoms with Crippen molar-refractivity contribution < 1.29 is 19.4 Å². The van der Waals surface area contributed by atoms with Crippen LogP contribution >= 0.6 is 0 Å². The van der Waals surface area contributed by atoms with Crippen molar-refractivity contribution >= 4 is 11.6 Å². The maximum atomic E-state index is 13.2. The Bertz CT molecular complexity index is 1270. The summed E-state index contributed by atoms with van der Waals surface area (Å²) in [5.41, 5.74) is 4.69. The third-order valence-corrected chi connectivity index (χ3v) is 8.57. The van der Waals surface area contributed by atoms with Gasteiger partial charge in [0.05, 0.1) is 37.9 Å². The summed E-state index contributed by atoms with van der Waals surface area (Å²) in [5.74, 6) is 0.174. The third-order valence-electron chi connectivity index (χ3n) is 8.57. The fraction of sp³-hybridized carbons (Fsp3) is 0.455.